The number of carbonyl (C=O) groups is 1. The minimum absolute atomic E-state index is 0.174. The molecule has 0 aliphatic carbocycles. The van der Waals surface area contributed by atoms with Gasteiger partial charge in [-0.3, -0.25) is 9.59 Å². The lowest BCUT2D eigenvalue weighted by Crippen LogP contribution is -2.28. The van der Waals surface area contributed by atoms with Crippen molar-refractivity contribution >= 4 is 28.1 Å². The summed E-state index contributed by atoms with van der Waals surface area (Å²) >= 11 is 1.58. The molecule has 2 heterocycles. The number of rotatable bonds is 6. The molecule has 0 aliphatic heterocycles. The number of benzene rings is 2. The van der Waals surface area contributed by atoms with Crippen LogP contribution in [0.5, 0.6) is 5.75 Å². The minimum Gasteiger partial charge on any atom is -0.487 e. The van der Waals surface area contributed by atoms with E-state index in [1.165, 1.54) is 4.90 Å². The van der Waals surface area contributed by atoms with Crippen molar-refractivity contribution in [2.24, 2.45) is 0 Å². The van der Waals surface area contributed by atoms with E-state index in [9.17, 15) is 9.59 Å². The predicted molar refractivity (Wildman–Crippen MR) is 116 cm³/mol. The molecule has 0 spiro atoms. The summed E-state index contributed by atoms with van der Waals surface area (Å²) < 4.78 is 5.72. The Labute approximate surface area is 177 Å². The van der Waals surface area contributed by atoms with Crippen LogP contribution in [0.4, 0.5) is 0 Å². The SMILES string of the molecule is Cc1nc(COc2ccc(C(=O)N(C)Cc3nc4ccccc4c(=O)[nH]3)cc2)cs1. The zero-order chi connectivity index (χ0) is 21.1. The molecule has 0 fully saturated rings. The summed E-state index contributed by atoms with van der Waals surface area (Å²) in [4.78, 5) is 38.0. The van der Waals surface area contributed by atoms with Crippen molar-refractivity contribution in [2.75, 3.05) is 7.05 Å². The van der Waals surface area contributed by atoms with Gasteiger partial charge < -0.3 is 14.6 Å². The first-order valence-electron chi connectivity index (χ1n) is 9.37. The van der Waals surface area contributed by atoms with Crippen molar-refractivity contribution in [1.82, 2.24) is 19.9 Å². The number of ether oxygens (including phenoxy) is 1. The number of hydrogen-bond donors (Lipinski definition) is 1. The number of aromatic nitrogens is 3. The van der Waals surface area contributed by atoms with Crippen LogP contribution in [0.2, 0.25) is 0 Å². The van der Waals surface area contributed by atoms with Gasteiger partial charge in [-0.25, -0.2) is 9.97 Å². The molecule has 1 amide bonds. The van der Waals surface area contributed by atoms with Crippen molar-refractivity contribution in [3.05, 3.63) is 86.4 Å². The van der Waals surface area contributed by atoms with Gasteiger partial charge in [-0.1, -0.05) is 12.1 Å². The highest BCUT2D eigenvalue weighted by atomic mass is 32.1. The van der Waals surface area contributed by atoms with Crippen LogP contribution in [0.1, 0.15) is 26.9 Å². The third-order valence-corrected chi connectivity index (χ3v) is 5.37. The highest BCUT2D eigenvalue weighted by molar-refractivity contribution is 7.09. The molecule has 0 bridgehead atoms. The van der Waals surface area contributed by atoms with Gasteiger partial charge in [-0.05, 0) is 43.3 Å². The second-order valence-electron chi connectivity index (χ2n) is 6.86. The van der Waals surface area contributed by atoms with E-state index in [1.807, 2.05) is 18.4 Å². The number of amides is 1. The summed E-state index contributed by atoms with van der Waals surface area (Å²) in [5, 5.41) is 3.49. The fraction of sp³-hybridized carbons (Fsp3) is 0.182. The van der Waals surface area contributed by atoms with Crippen molar-refractivity contribution in [3.63, 3.8) is 0 Å². The number of hydrogen-bond acceptors (Lipinski definition) is 6. The Morgan fingerprint density at radius 2 is 1.90 bits per heavy atom. The summed E-state index contributed by atoms with van der Waals surface area (Å²) in [5.41, 5.74) is 1.80. The maximum atomic E-state index is 12.7. The number of aryl methyl sites for hydroxylation is 1. The summed E-state index contributed by atoms with van der Waals surface area (Å²) in [7, 11) is 1.67. The molecule has 4 aromatic rings. The third-order valence-electron chi connectivity index (χ3n) is 4.55. The standard InChI is InChI=1S/C22H20N4O3S/c1-14-23-16(13-30-14)12-29-17-9-7-15(8-10-17)22(28)26(2)11-20-24-19-6-4-3-5-18(19)21(27)25-20/h3-10,13H,11-12H2,1-2H3,(H,24,25,27). The van der Waals surface area contributed by atoms with Crippen molar-refractivity contribution in [3.8, 4) is 5.75 Å². The summed E-state index contributed by atoms with van der Waals surface area (Å²) in [6, 6.07) is 14.1. The molecule has 0 atom stereocenters. The minimum atomic E-state index is -0.215. The van der Waals surface area contributed by atoms with Gasteiger partial charge in [0.05, 0.1) is 28.1 Å². The molecule has 8 heteroatoms. The van der Waals surface area contributed by atoms with E-state index in [1.54, 1.807) is 60.8 Å². The summed E-state index contributed by atoms with van der Waals surface area (Å²) in [5.74, 6) is 0.931. The average molecular weight is 420 g/mol. The lowest BCUT2D eigenvalue weighted by Gasteiger charge is -2.17. The second-order valence-corrected chi connectivity index (χ2v) is 7.92. The number of fused-ring (bicyclic) bond motifs is 1. The van der Waals surface area contributed by atoms with Gasteiger partial charge in [-0.2, -0.15) is 0 Å². The first kappa shape index (κ1) is 19.8. The van der Waals surface area contributed by atoms with Crippen LogP contribution in [0.3, 0.4) is 0 Å². The number of para-hydroxylation sites is 1. The highest BCUT2D eigenvalue weighted by Crippen LogP contribution is 2.17. The predicted octanol–water partition coefficient (Wildman–Crippen LogP) is 3.54. The lowest BCUT2D eigenvalue weighted by atomic mass is 10.2. The zero-order valence-corrected chi connectivity index (χ0v) is 17.4. The van der Waals surface area contributed by atoms with E-state index in [0.717, 1.165) is 10.7 Å². The van der Waals surface area contributed by atoms with Crippen LogP contribution < -0.4 is 10.3 Å². The van der Waals surface area contributed by atoms with Gasteiger partial charge in [0, 0.05) is 18.0 Å². The molecule has 2 aromatic carbocycles. The summed E-state index contributed by atoms with van der Waals surface area (Å²) in [6.45, 7) is 2.53. The number of nitrogens with zero attached hydrogens (tertiary/aromatic N) is 3. The Balaban J connectivity index is 1.41. The number of H-pyrrole nitrogens is 1. The van der Waals surface area contributed by atoms with E-state index in [4.69, 9.17) is 4.74 Å². The van der Waals surface area contributed by atoms with E-state index in [0.29, 0.717) is 34.6 Å². The maximum Gasteiger partial charge on any atom is 0.258 e. The molecule has 4 rings (SSSR count). The van der Waals surface area contributed by atoms with Gasteiger partial charge >= 0.3 is 0 Å². The lowest BCUT2D eigenvalue weighted by molar-refractivity contribution is 0.0781. The van der Waals surface area contributed by atoms with Gasteiger partial charge in [0.1, 0.15) is 18.2 Å². The Hall–Kier alpha value is -3.52. The van der Waals surface area contributed by atoms with Crippen LogP contribution in [0.25, 0.3) is 10.9 Å². The molecule has 0 aliphatic rings. The third kappa shape index (κ3) is 4.38. The van der Waals surface area contributed by atoms with Crippen LogP contribution in [-0.2, 0) is 13.2 Å². The first-order chi connectivity index (χ1) is 14.5. The van der Waals surface area contributed by atoms with E-state index >= 15 is 0 Å². The van der Waals surface area contributed by atoms with E-state index in [2.05, 4.69) is 15.0 Å². The molecule has 30 heavy (non-hydrogen) atoms. The average Bonchev–Trinajstić information content (AvgIpc) is 3.17. The van der Waals surface area contributed by atoms with Gasteiger partial charge in [0.2, 0.25) is 0 Å². The monoisotopic (exact) mass is 420 g/mol. The Morgan fingerprint density at radius 3 is 2.63 bits per heavy atom. The molecule has 2 aromatic heterocycles. The quantitative estimate of drug-likeness (QED) is 0.515. The Bertz CT molecular complexity index is 1250. The molecule has 0 unspecified atom stereocenters. The Morgan fingerprint density at radius 1 is 1.13 bits per heavy atom. The fourth-order valence-corrected chi connectivity index (χ4v) is 3.65. The maximum absolute atomic E-state index is 12.7. The van der Waals surface area contributed by atoms with Crippen molar-refractivity contribution in [1.29, 1.82) is 0 Å². The van der Waals surface area contributed by atoms with Gasteiger partial charge in [-0.15, -0.1) is 11.3 Å². The highest BCUT2D eigenvalue weighted by Gasteiger charge is 2.14. The van der Waals surface area contributed by atoms with E-state index < -0.39 is 0 Å². The summed E-state index contributed by atoms with van der Waals surface area (Å²) in [6.07, 6.45) is 0. The topological polar surface area (TPSA) is 88.2 Å². The Kier molecular flexibility index (Phi) is 5.58. The first-order valence-corrected chi connectivity index (χ1v) is 10.2. The molecule has 0 saturated carbocycles. The molecule has 0 saturated heterocycles. The molecular formula is C22H20N4O3S. The van der Waals surface area contributed by atoms with Crippen LogP contribution in [0, 0.1) is 6.92 Å². The molecule has 152 valence electrons. The largest absolute Gasteiger partial charge is 0.487 e. The fourth-order valence-electron chi connectivity index (χ4n) is 3.05. The van der Waals surface area contributed by atoms with Crippen LogP contribution in [-0.4, -0.2) is 32.8 Å². The van der Waals surface area contributed by atoms with Gasteiger partial charge in [0.25, 0.3) is 11.5 Å². The van der Waals surface area contributed by atoms with Gasteiger partial charge in [0.15, 0.2) is 0 Å². The molecular weight excluding hydrogens is 400 g/mol. The number of aromatic amines is 1. The molecule has 0 radical (unpaired) electrons. The number of thiazole rings is 1. The van der Waals surface area contributed by atoms with Crippen LogP contribution in [0.15, 0.2) is 58.7 Å². The number of carbonyl (C=O) groups excluding carboxylic acids is 1. The van der Waals surface area contributed by atoms with Crippen LogP contribution >= 0.6 is 11.3 Å². The second kappa shape index (κ2) is 8.46. The van der Waals surface area contributed by atoms with Crippen molar-refractivity contribution in [2.45, 2.75) is 20.1 Å². The number of nitrogens with one attached hydrogen (secondary N) is 1. The molecule has 7 nitrogen and oxygen atoms in total. The normalized spacial score (nSPS) is 10.9. The zero-order valence-electron chi connectivity index (χ0n) is 16.6. The molecule has 1 N–H and O–H groups in total. The van der Waals surface area contributed by atoms with E-state index in [-0.39, 0.29) is 18.0 Å². The smallest absolute Gasteiger partial charge is 0.258 e. The van der Waals surface area contributed by atoms with Crippen molar-refractivity contribution < 1.29 is 9.53 Å².